The van der Waals surface area contributed by atoms with Crippen molar-refractivity contribution in [2.75, 3.05) is 5.75 Å². The Hall–Kier alpha value is -0.720. The highest BCUT2D eigenvalue weighted by molar-refractivity contribution is 14.1. The van der Waals surface area contributed by atoms with Crippen molar-refractivity contribution in [1.82, 2.24) is 0 Å². The van der Waals surface area contributed by atoms with Crippen molar-refractivity contribution in [3.05, 3.63) is 0 Å². The van der Waals surface area contributed by atoms with Crippen LogP contribution in [0.15, 0.2) is 0 Å². The Bertz CT molecular complexity index is 987. The van der Waals surface area contributed by atoms with Gasteiger partial charge in [-0.3, -0.25) is 18.3 Å². The van der Waals surface area contributed by atoms with Crippen molar-refractivity contribution in [1.29, 1.82) is 0 Å². The van der Waals surface area contributed by atoms with Gasteiger partial charge < -0.3 is 9.47 Å². The van der Waals surface area contributed by atoms with E-state index < -0.39 is 88.8 Å². The summed E-state index contributed by atoms with van der Waals surface area (Å²) in [6.07, 6.45) is -10.8. The van der Waals surface area contributed by atoms with Crippen LogP contribution in [0.3, 0.4) is 0 Å². The highest BCUT2D eigenvalue weighted by Gasteiger charge is 2.72. The molecule has 3 rings (SSSR count). The molecule has 31 heavy (non-hydrogen) atoms. The van der Waals surface area contributed by atoms with Crippen LogP contribution >= 0.6 is 22.6 Å². The molecule has 3 fully saturated rings. The van der Waals surface area contributed by atoms with Crippen LogP contribution < -0.4 is 0 Å². The molecule has 1 N–H and O–H groups in total. The lowest BCUT2D eigenvalue weighted by Gasteiger charge is -2.32. The lowest BCUT2D eigenvalue weighted by molar-refractivity contribution is -0.219. The molecule has 1 saturated heterocycles. The van der Waals surface area contributed by atoms with Gasteiger partial charge in [0, 0.05) is 11.8 Å². The monoisotopic (exact) mass is 606 g/mol. The highest BCUT2D eigenvalue weighted by Crippen LogP contribution is 2.59. The van der Waals surface area contributed by atoms with Crippen LogP contribution in [-0.2, 0) is 43.5 Å². The second kappa shape index (κ2) is 7.66. The van der Waals surface area contributed by atoms with Gasteiger partial charge in [-0.1, -0.05) is 22.6 Å². The molecule has 0 radical (unpaired) electrons. The zero-order chi connectivity index (χ0) is 23.7. The summed E-state index contributed by atoms with van der Waals surface area (Å²) in [4.78, 5) is 24.9. The van der Waals surface area contributed by atoms with Gasteiger partial charge in [-0.2, -0.15) is 30.0 Å². The Morgan fingerprint density at radius 1 is 1.26 bits per heavy atom. The summed E-state index contributed by atoms with van der Waals surface area (Å²) in [5.41, 5.74) is 0. The third-order valence-electron chi connectivity index (χ3n) is 5.51. The number of fused-ring (bicyclic) bond motifs is 1. The van der Waals surface area contributed by atoms with Gasteiger partial charge in [0.1, 0.15) is 26.6 Å². The van der Waals surface area contributed by atoms with Crippen LogP contribution in [0.1, 0.15) is 20.3 Å². The summed E-state index contributed by atoms with van der Waals surface area (Å²) in [5.74, 6) is -7.75. The standard InChI is InChI=1S/C15H18F3IO10S2/c1-14(2,19)13(21)28-9-5-3-6-10(9)29-31(25,26)11(6)8(5)12(20)27-7(15(16,17)18)4-30(22,23)24/h5-11H,3-4H2,1-2H3,(H,22,23,24). The molecule has 1 aliphatic heterocycles. The molecule has 2 aliphatic carbocycles. The zero-order valence-corrected chi connectivity index (χ0v) is 19.7. The average Bonchev–Trinajstić information content (AvgIpc) is 3.13. The van der Waals surface area contributed by atoms with Gasteiger partial charge in [0.2, 0.25) is 6.10 Å². The van der Waals surface area contributed by atoms with Crippen molar-refractivity contribution in [2.45, 2.75) is 53.4 Å². The quantitative estimate of drug-likeness (QED) is 0.152. The molecule has 0 aromatic rings. The number of hydrogen-bond donors (Lipinski definition) is 1. The minimum Gasteiger partial charge on any atom is -0.458 e. The molecule has 0 aromatic heterocycles. The van der Waals surface area contributed by atoms with Crippen molar-refractivity contribution < 1.29 is 57.8 Å². The first-order chi connectivity index (χ1) is 13.8. The lowest BCUT2D eigenvalue weighted by atomic mass is 9.84. The molecule has 0 aromatic carbocycles. The number of esters is 2. The largest absolute Gasteiger partial charge is 0.458 e. The first-order valence-corrected chi connectivity index (χ1v) is 13.0. The van der Waals surface area contributed by atoms with Crippen molar-refractivity contribution >= 4 is 54.8 Å². The minimum atomic E-state index is -5.34. The van der Waals surface area contributed by atoms with Gasteiger partial charge in [0.25, 0.3) is 20.2 Å². The Kier molecular flexibility index (Phi) is 6.16. The molecule has 7 atom stereocenters. The smallest absolute Gasteiger partial charge is 0.426 e. The normalized spacial score (nSPS) is 35.1. The van der Waals surface area contributed by atoms with Gasteiger partial charge >= 0.3 is 18.1 Å². The topological polar surface area (TPSA) is 150 Å². The summed E-state index contributed by atoms with van der Waals surface area (Å²) < 4.78 is 108. The molecule has 178 valence electrons. The van der Waals surface area contributed by atoms with Gasteiger partial charge in [0.05, 0.1) is 5.92 Å². The maximum absolute atomic E-state index is 13.1. The summed E-state index contributed by atoms with van der Waals surface area (Å²) in [5, 5.41) is -1.50. The zero-order valence-electron chi connectivity index (χ0n) is 15.9. The Balaban J connectivity index is 1.89. The van der Waals surface area contributed by atoms with Crippen molar-refractivity contribution in [2.24, 2.45) is 17.8 Å². The number of alkyl halides is 4. The lowest BCUT2D eigenvalue weighted by Crippen LogP contribution is -2.49. The van der Waals surface area contributed by atoms with E-state index in [-0.39, 0.29) is 6.42 Å². The van der Waals surface area contributed by atoms with Crippen LogP contribution in [-0.4, -0.2) is 72.2 Å². The van der Waals surface area contributed by atoms with Gasteiger partial charge in [-0.25, -0.2) is 0 Å². The molecule has 2 saturated carbocycles. The first-order valence-electron chi connectivity index (χ1n) is 8.87. The molecule has 0 amide bonds. The number of carbonyl (C=O) groups is 2. The van der Waals surface area contributed by atoms with Crippen LogP contribution in [0.2, 0.25) is 0 Å². The van der Waals surface area contributed by atoms with E-state index in [2.05, 4.69) is 4.74 Å². The number of ether oxygens (including phenoxy) is 2. The van der Waals surface area contributed by atoms with Crippen molar-refractivity contribution in [3.63, 3.8) is 0 Å². The third kappa shape index (κ3) is 4.81. The maximum Gasteiger partial charge on any atom is 0.426 e. The summed E-state index contributed by atoms with van der Waals surface area (Å²) in [6.45, 7) is 3.04. The number of hydrogen-bond acceptors (Lipinski definition) is 9. The van der Waals surface area contributed by atoms with E-state index in [1.807, 2.05) is 0 Å². The summed E-state index contributed by atoms with van der Waals surface area (Å²) in [6, 6.07) is 0. The fraction of sp³-hybridized carbons (Fsp3) is 0.867. The predicted octanol–water partition coefficient (Wildman–Crippen LogP) is 0.837. The fourth-order valence-corrected chi connectivity index (χ4v) is 7.15. The molecule has 7 unspecified atom stereocenters. The Labute approximate surface area is 189 Å². The maximum atomic E-state index is 13.1. The van der Waals surface area contributed by atoms with E-state index in [0.717, 1.165) is 0 Å². The summed E-state index contributed by atoms with van der Waals surface area (Å²) in [7, 11) is -9.55. The van der Waals surface area contributed by atoms with Crippen LogP contribution in [0.25, 0.3) is 0 Å². The highest BCUT2D eigenvalue weighted by atomic mass is 127. The first kappa shape index (κ1) is 24.9. The Morgan fingerprint density at radius 3 is 2.32 bits per heavy atom. The van der Waals surface area contributed by atoms with E-state index >= 15 is 0 Å². The minimum absolute atomic E-state index is 0.0307. The molecule has 0 spiro atoms. The number of rotatable bonds is 6. The Morgan fingerprint density at radius 2 is 1.84 bits per heavy atom. The van der Waals surface area contributed by atoms with Crippen LogP contribution in [0, 0.1) is 17.8 Å². The number of carbonyl (C=O) groups excluding carboxylic acids is 2. The van der Waals surface area contributed by atoms with E-state index in [0.29, 0.717) is 0 Å². The average molecular weight is 606 g/mol. The second-order valence-electron chi connectivity index (χ2n) is 8.17. The van der Waals surface area contributed by atoms with Crippen molar-refractivity contribution in [3.8, 4) is 0 Å². The van der Waals surface area contributed by atoms with E-state index in [9.17, 15) is 39.6 Å². The predicted molar refractivity (Wildman–Crippen MR) is 103 cm³/mol. The molecule has 3 aliphatic rings. The van der Waals surface area contributed by atoms with Gasteiger partial charge in [0.15, 0.2) is 0 Å². The molecule has 16 heteroatoms. The van der Waals surface area contributed by atoms with Crippen LogP contribution in [0.5, 0.6) is 0 Å². The molecule has 10 nitrogen and oxygen atoms in total. The molecule has 1 heterocycles. The molecular formula is C15H18F3IO10S2. The summed E-state index contributed by atoms with van der Waals surface area (Å²) >= 11 is 1.78. The molecular weight excluding hydrogens is 588 g/mol. The van der Waals surface area contributed by atoms with Gasteiger partial charge in [-0.05, 0) is 20.3 Å². The van der Waals surface area contributed by atoms with E-state index in [1.165, 1.54) is 13.8 Å². The number of halogens is 4. The third-order valence-corrected chi connectivity index (χ3v) is 8.48. The SMILES string of the molecule is CC(C)(I)C(=O)OC1C2CC3C1OS(=O)(=O)C3C2C(=O)OC(CS(=O)(=O)O)C(F)(F)F. The fourth-order valence-electron chi connectivity index (χ4n) is 4.32. The second-order valence-corrected chi connectivity index (χ2v) is 14.1. The van der Waals surface area contributed by atoms with Crippen LogP contribution in [0.4, 0.5) is 13.2 Å². The molecule has 2 bridgehead atoms. The van der Waals surface area contributed by atoms with E-state index in [1.54, 1.807) is 22.6 Å². The van der Waals surface area contributed by atoms with E-state index in [4.69, 9.17) is 13.5 Å². The van der Waals surface area contributed by atoms with Gasteiger partial charge in [-0.15, -0.1) is 0 Å².